The molecule has 0 aliphatic carbocycles. The quantitative estimate of drug-likeness (QED) is 0.898. The molecule has 0 aliphatic rings. The Morgan fingerprint density at radius 1 is 1.21 bits per heavy atom. The number of nitrogens with two attached hydrogens (primary N) is 1. The van der Waals surface area contributed by atoms with Crippen LogP contribution in [0.1, 0.15) is 5.56 Å². The maximum absolute atomic E-state index is 8.59. The molecule has 2 aromatic rings. The number of nitrogens with zero attached hydrogens (tertiary/aromatic N) is 3. The maximum atomic E-state index is 8.59. The van der Waals surface area contributed by atoms with Crippen LogP contribution < -0.4 is 15.2 Å². The second kappa shape index (κ2) is 5.69. The van der Waals surface area contributed by atoms with E-state index < -0.39 is 0 Å². The van der Waals surface area contributed by atoms with Crippen LogP contribution >= 0.6 is 0 Å². The molecule has 2 rings (SSSR count). The van der Waals surface area contributed by atoms with Gasteiger partial charge in [0.25, 0.3) is 0 Å². The van der Waals surface area contributed by atoms with Gasteiger partial charge >= 0.3 is 0 Å². The minimum atomic E-state index is 0.0791. The van der Waals surface area contributed by atoms with Gasteiger partial charge in [0.15, 0.2) is 0 Å². The number of hydrogen-bond acceptors (Lipinski definition) is 6. The van der Waals surface area contributed by atoms with Crippen LogP contribution in [0.15, 0.2) is 30.3 Å². The predicted octanol–water partition coefficient (Wildman–Crippen LogP) is 1.93. The Morgan fingerprint density at radius 2 is 1.89 bits per heavy atom. The van der Waals surface area contributed by atoms with Gasteiger partial charge in [0.1, 0.15) is 5.75 Å². The molecule has 0 fully saturated rings. The number of ether oxygens (including phenoxy) is 2. The SMILES string of the molecule is COc1cc(Oc2ccc(CC#N)cc2)nc(N)n1. The molecule has 0 radical (unpaired) electrons. The van der Waals surface area contributed by atoms with Crippen molar-refractivity contribution < 1.29 is 9.47 Å². The zero-order chi connectivity index (χ0) is 13.7. The van der Waals surface area contributed by atoms with Gasteiger partial charge in [0.2, 0.25) is 17.7 Å². The highest BCUT2D eigenvalue weighted by Crippen LogP contribution is 2.23. The first kappa shape index (κ1) is 12.6. The number of rotatable bonds is 4. The lowest BCUT2D eigenvalue weighted by molar-refractivity contribution is 0.389. The van der Waals surface area contributed by atoms with Gasteiger partial charge in [-0.15, -0.1) is 0 Å². The van der Waals surface area contributed by atoms with Crippen molar-refractivity contribution in [1.82, 2.24) is 9.97 Å². The molecule has 0 spiro atoms. The Labute approximate surface area is 110 Å². The zero-order valence-corrected chi connectivity index (χ0v) is 10.3. The second-order valence-corrected chi connectivity index (χ2v) is 3.69. The van der Waals surface area contributed by atoms with E-state index in [2.05, 4.69) is 16.0 Å². The smallest absolute Gasteiger partial charge is 0.227 e. The summed E-state index contributed by atoms with van der Waals surface area (Å²) in [4.78, 5) is 7.81. The molecule has 6 nitrogen and oxygen atoms in total. The maximum Gasteiger partial charge on any atom is 0.227 e. The van der Waals surface area contributed by atoms with Crippen molar-refractivity contribution in [2.24, 2.45) is 0 Å². The summed E-state index contributed by atoms with van der Waals surface area (Å²) in [6.07, 6.45) is 0.370. The Morgan fingerprint density at radius 3 is 2.53 bits per heavy atom. The molecule has 0 unspecified atom stereocenters. The van der Waals surface area contributed by atoms with Crippen LogP contribution in [0.25, 0.3) is 0 Å². The number of anilines is 1. The summed E-state index contributed by atoms with van der Waals surface area (Å²) in [5.41, 5.74) is 6.46. The van der Waals surface area contributed by atoms with E-state index in [1.807, 2.05) is 12.1 Å². The zero-order valence-electron chi connectivity index (χ0n) is 10.3. The first-order valence-corrected chi connectivity index (χ1v) is 5.53. The Bertz CT molecular complexity index is 605. The Kier molecular flexibility index (Phi) is 3.78. The molecule has 0 amide bonds. The third kappa shape index (κ3) is 3.33. The number of hydrogen-bond donors (Lipinski definition) is 1. The number of nitrogen functional groups attached to an aromatic ring is 1. The largest absolute Gasteiger partial charge is 0.481 e. The van der Waals surface area contributed by atoms with E-state index in [1.54, 1.807) is 18.2 Å². The molecule has 0 aliphatic heterocycles. The minimum Gasteiger partial charge on any atom is -0.481 e. The van der Waals surface area contributed by atoms with Crippen LogP contribution in [0.3, 0.4) is 0 Å². The van der Waals surface area contributed by atoms with Gasteiger partial charge in [0, 0.05) is 0 Å². The first-order valence-electron chi connectivity index (χ1n) is 5.53. The molecule has 1 aromatic heterocycles. The third-order valence-corrected chi connectivity index (χ3v) is 2.33. The monoisotopic (exact) mass is 256 g/mol. The fourth-order valence-corrected chi connectivity index (χ4v) is 1.47. The van der Waals surface area contributed by atoms with Gasteiger partial charge in [-0.05, 0) is 17.7 Å². The standard InChI is InChI=1S/C13H12N4O2/c1-18-11-8-12(17-13(15)16-11)19-10-4-2-9(3-5-10)6-7-14/h2-5,8H,6H2,1H3,(H2,15,16,17). The van der Waals surface area contributed by atoms with Gasteiger partial charge in [-0.25, -0.2) is 0 Å². The molecule has 2 N–H and O–H groups in total. The van der Waals surface area contributed by atoms with Crippen molar-refractivity contribution in [2.75, 3.05) is 12.8 Å². The number of methoxy groups -OCH3 is 1. The molecule has 1 aromatic carbocycles. The van der Waals surface area contributed by atoms with Crippen molar-refractivity contribution in [1.29, 1.82) is 5.26 Å². The van der Waals surface area contributed by atoms with Crippen molar-refractivity contribution in [3.05, 3.63) is 35.9 Å². The van der Waals surface area contributed by atoms with Crippen LogP contribution in [-0.4, -0.2) is 17.1 Å². The molecule has 6 heteroatoms. The van der Waals surface area contributed by atoms with Crippen molar-refractivity contribution in [3.63, 3.8) is 0 Å². The van der Waals surface area contributed by atoms with E-state index in [9.17, 15) is 0 Å². The summed E-state index contributed by atoms with van der Waals surface area (Å²) in [7, 11) is 1.49. The van der Waals surface area contributed by atoms with Crippen LogP contribution in [0, 0.1) is 11.3 Å². The molecule has 0 bridgehead atoms. The molecule has 96 valence electrons. The highest BCUT2D eigenvalue weighted by Gasteiger charge is 2.05. The van der Waals surface area contributed by atoms with E-state index in [-0.39, 0.29) is 5.95 Å². The van der Waals surface area contributed by atoms with E-state index in [0.29, 0.717) is 23.9 Å². The summed E-state index contributed by atoms with van der Waals surface area (Å²) >= 11 is 0. The van der Waals surface area contributed by atoms with Gasteiger partial charge in [-0.2, -0.15) is 15.2 Å². The van der Waals surface area contributed by atoms with Crippen molar-refractivity contribution >= 4 is 5.95 Å². The van der Waals surface area contributed by atoms with Gasteiger partial charge in [-0.3, -0.25) is 0 Å². The van der Waals surface area contributed by atoms with E-state index in [1.165, 1.54) is 7.11 Å². The molecular formula is C13H12N4O2. The third-order valence-electron chi connectivity index (χ3n) is 2.33. The van der Waals surface area contributed by atoms with Crippen LogP contribution in [-0.2, 0) is 6.42 Å². The summed E-state index contributed by atoms with van der Waals surface area (Å²) in [5.74, 6) is 1.32. The van der Waals surface area contributed by atoms with E-state index in [4.69, 9.17) is 20.5 Å². The molecule has 0 atom stereocenters. The van der Waals surface area contributed by atoms with Gasteiger partial charge in [0.05, 0.1) is 25.7 Å². The average molecular weight is 256 g/mol. The highest BCUT2D eigenvalue weighted by molar-refractivity contribution is 5.35. The Balaban J connectivity index is 2.16. The fourth-order valence-electron chi connectivity index (χ4n) is 1.47. The van der Waals surface area contributed by atoms with Crippen LogP contribution in [0.5, 0.6) is 17.5 Å². The summed E-state index contributed by atoms with van der Waals surface area (Å²) in [5, 5.41) is 8.59. The second-order valence-electron chi connectivity index (χ2n) is 3.69. The van der Waals surface area contributed by atoms with E-state index >= 15 is 0 Å². The average Bonchev–Trinajstić information content (AvgIpc) is 2.40. The summed E-state index contributed by atoms with van der Waals surface area (Å²) in [6.45, 7) is 0. The van der Waals surface area contributed by atoms with Gasteiger partial charge < -0.3 is 15.2 Å². The molecule has 1 heterocycles. The predicted molar refractivity (Wildman–Crippen MR) is 68.8 cm³/mol. The highest BCUT2D eigenvalue weighted by atomic mass is 16.5. The van der Waals surface area contributed by atoms with Gasteiger partial charge in [-0.1, -0.05) is 12.1 Å². The summed E-state index contributed by atoms with van der Waals surface area (Å²) < 4.78 is 10.5. The molecule has 0 saturated heterocycles. The lowest BCUT2D eigenvalue weighted by Gasteiger charge is -2.07. The topological polar surface area (TPSA) is 94.0 Å². The number of nitriles is 1. The fraction of sp³-hybridized carbons (Fsp3) is 0.154. The molecule has 0 saturated carbocycles. The van der Waals surface area contributed by atoms with Crippen molar-refractivity contribution in [2.45, 2.75) is 6.42 Å². The normalized spacial score (nSPS) is 9.68. The van der Waals surface area contributed by atoms with Crippen LogP contribution in [0.2, 0.25) is 0 Å². The van der Waals surface area contributed by atoms with E-state index in [0.717, 1.165) is 5.56 Å². The minimum absolute atomic E-state index is 0.0791. The first-order chi connectivity index (χ1) is 9.21. The molecule has 19 heavy (non-hydrogen) atoms. The molecular weight excluding hydrogens is 244 g/mol. The lowest BCUT2D eigenvalue weighted by atomic mass is 10.2. The number of benzene rings is 1. The number of aromatic nitrogens is 2. The lowest BCUT2D eigenvalue weighted by Crippen LogP contribution is -1.99. The summed E-state index contributed by atoms with van der Waals surface area (Å²) in [6, 6.07) is 10.8. The van der Waals surface area contributed by atoms with Crippen LogP contribution in [0.4, 0.5) is 5.95 Å². The van der Waals surface area contributed by atoms with Crippen molar-refractivity contribution in [3.8, 4) is 23.6 Å². The Hall–Kier alpha value is -2.81.